The zero-order chi connectivity index (χ0) is 13.5. The lowest BCUT2D eigenvalue weighted by Crippen LogP contribution is -2.37. The lowest BCUT2D eigenvalue weighted by molar-refractivity contribution is 0.134. The van der Waals surface area contributed by atoms with Crippen LogP contribution in [0.4, 0.5) is 0 Å². The van der Waals surface area contributed by atoms with E-state index in [1.165, 1.54) is 16.7 Å². The summed E-state index contributed by atoms with van der Waals surface area (Å²) in [7, 11) is 1.72. The minimum atomic E-state index is 0.446. The molecule has 0 amide bonds. The van der Waals surface area contributed by atoms with Crippen molar-refractivity contribution < 1.29 is 9.47 Å². The van der Waals surface area contributed by atoms with Gasteiger partial charge in [-0.25, -0.2) is 0 Å². The van der Waals surface area contributed by atoms with Gasteiger partial charge >= 0.3 is 0 Å². The van der Waals surface area contributed by atoms with Crippen LogP contribution in [0, 0.1) is 0 Å². The number of methoxy groups -OCH3 is 1. The van der Waals surface area contributed by atoms with Crippen molar-refractivity contribution in [3.63, 3.8) is 0 Å². The largest absolute Gasteiger partial charge is 0.383 e. The van der Waals surface area contributed by atoms with Crippen LogP contribution in [0.2, 0.25) is 0 Å². The summed E-state index contributed by atoms with van der Waals surface area (Å²) in [5.41, 5.74) is 4.00. The SMILES string of the molecule is COCCNCC(C)NCc1ccc2c(c1)COC2. The van der Waals surface area contributed by atoms with Crippen LogP contribution in [0.5, 0.6) is 0 Å². The van der Waals surface area contributed by atoms with E-state index in [0.717, 1.165) is 39.5 Å². The summed E-state index contributed by atoms with van der Waals surface area (Å²) < 4.78 is 10.4. The molecule has 2 rings (SSSR count). The Labute approximate surface area is 115 Å². The first-order valence-corrected chi connectivity index (χ1v) is 6.91. The molecule has 1 heterocycles. The molecule has 0 saturated heterocycles. The fourth-order valence-electron chi connectivity index (χ4n) is 2.19. The maximum absolute atomic E-state index is 5.43. The summed E-state index contributed by atoms with van der Waals surface area (Å²) >= 11 is 0. The van der Waals surface area contributed by atoms with E-state index in [4.69, 9.17) is 9.47 Å². The fraction of sp³-hybridized carbons (Fsp3) is 0.600. The van der Waals surface area contributed by atoms with Crippen LogP contribution >= 0.6 is 0 Å². The first-order chi connectivity index (χ1) is 9.29. The Hall–Kier alpha value is -0.940. The van der Waals surface area contributed by atoms with E-state index in [1.54, 1.807) is 7.11 Å². The van der Waals surface area contributed by atoms with Crippen LogP contribution in [0.3, 0.4) is 0 Å². The molecule has 0 bridgehead atoms. The molecule has 19 heavy (non-hydrogen) atoms. The van der Waals surface area contributed by atoms with Crippen LogP contribution in [-0.2, 0) is 29.2 Å². The van der Waals surface area contributed by atoms with Crippen LogP contribution < -0.4 is 10.6 Å². The molecule has 1 aromatic carbocycles. The van der Waals surface area contributed by atoms with E-state index in [-0.39, 0.29) is 0 Å². The quantitative estimate of drug-likeness (QED) is 0.697. The van der Waals surface area contributed by atoms with Gasteiger partial charge in [0.05, 0.1) is 19.8 Å². The van der Waals surface area contributed by atoms with Gasteiger partial charge in [0.2, 0.25) is 0 Å². The van der Waals surface area contributed by atoms with Gasteiger partial charge in [-0.15, -0.1) is 0 Å². The van der Waals surface area contributed by atoms with Gasteiger partial charge in [0.1, 0.15) is 0 Å². The molecule has 4 nitrogen and oxygen atoms in total. The molecular weight excluding hydrogens is 240 g/mol. The highest BCUT2D eigenvalue weighted by molar-refractivity contribution is 5.33. The second-order valence-electron chi connectivity index (χ2n) is 5.07. The van der Waals surface area contributed by atoms with Crippen LogP contribution in [-0.4, -0.2) is 32.8 Å². The van der Waals surface area contributed by atoms with E-state index >= 15 is 0 Å². The predicted octanol–water partition coefficient (Wildman–Crippen LogP) is 1.43. The fourth-order valence-corrected chi connectivity index (χ4v) is 2.19. The van der Waals surface area contributed by atoms with Crippen LogP contribution in [0.25, 0.3) is 0 Å². The summed E-state index contributed by atoms with van der Waals surface area (Å²) in [4.78, 5) is 0. The number of rotatable bonds is 8. The molecule has 0 saturated carbocycles. The molecule has 1 aliphatic heterocycles. The van der Waals surface area contributed by atoms with Crippen molar-refractivity contribution in [2.75, 3.05) is 26.8 Å². The van der Waals surface area contributed by atoms with Crippen molar-refractivity contribution in [1.82, 2.24) is 10.6 Å². The van der Waals surface area contributed by atoms with Gasteiger partial charge in [-0.3, -0.25) is 0 Å². The molecule has 0 fully saturated rings. The molecule has 106 valence electrons. The molecule has 0 spiro atoms. The zero-order valence-corrected chi connectivity index (χ0v) is 11.9. The monoisotopic (exact) mass is 264 g/mol. The Bertz CT molecular complexity index is 396. The molecule has 0 radical (unpaired) electrons. The lowest BCUT2D eigenvalue weighted by atomic mass is 10.1. The van der Waals surface area contributed by atoms with Gasteiger partial charge in [0.25, 0.3) is 0 Å². The van der Waals surface area contributed by atoms with Crippen molar-refractivity contribution in [3.8, 4) is 0 Å². The van der Waals surface area contributed by atoms with E-state index in [1.807, 2.05) is 0 Å². The summed E-state index contributed by atoms with van der Waals surface area (Å²) in [5.74, 6) is 0. The molecule has 1 aliphatic rings. The number of hydrogen-bond acceptors (Lipinski definition) is 4. The molecule has 1 atom stereocenters. The number of hydrogen-bond donors (Lipinski definition) is 2. The highest BCUT2D eigenvalue weighted by atomic mass is 16.5. The minimum Gasteiger partial charge on any atom is -0.383 e. The Balaban J connectivity index is 1.70. The number of fused-ring (bicyclic) bond motifs is 1. The summed E-state index contributed by atoms with van der Waals surface area (Å²) in [6, 6.07) is 7.06. The minimum absolute atomic E-state index is 0.446. The van der Waals surface area contributed by atoms with Crippen molar-refractivity contribution in [2.24, 2.45) is 0 Å². The maximum atomic E-state index is 5.43. The lowest BCUT2D eigenvalue weighted by Gasteiger charge is -2.15. The molecule has 1 aromatic rings. The average Bonchev–Trinajstić information content (AvgIpc) is 2.89. The highest BCUT2D eigenvalue weighted by Gasteiger charge is 2.11. The number of nitrogens with one attached hydrogen (secondary N) is 2. The first-order valence-electron chi connectivity index (χ1n) is 6.91. The van der Waals surface area contributed by atoms with Crippen molar-refractivity contribution >= 4 is 0 Å². The number of ether oxygens (including phenoxy) is 2. The Morgan fingerprint density at radius 2 is 2.16 bits per heavy atom. The Kier molecular flexibility index (Phi) is 5.79. The third kappa shape index (κ3) is 4.58. The van der Waals surface area contributed by atoms with Gasteiger partial charge in [0.15, 0.2) is 0 Å². The first kappa shape index (κ1) is 14.5. The van der Waals surface area contributed by atoms with E-state index in [0.29, 0.717) is 6.04 Å². The third-order valence-electron chi connectivity index (χ3n) is 3.37. The summed E-state index contributed by atoms with van der Waals surface area (Å²) in [5, 5.41) is 6.88. The molecule has 2 N–H and O–H groups in total. The Morgan fingerprint density at radius 1 is 1.32 bits per heavy atom. The second kappa shape index (κ2) is 7.60. The number of benzene rings is 1. The van der Waals surface area contributed by atoms with Gasteiger partial charge in [0, 0.05) is 32.8 Å². The molecule has 1 unspecified atom stereocenters. The van der Waals surface area contributed by atoms with Gasteiger partial charge in [-0.1, -0.05) is 18.2 Å². The topological polar surface area (TPSA) is 42.5 Å². The summed E-state index contributed by atoms with van der Waals surface area (Å²) in [6.07, 6.45) is 0. The molecule has 4 heteroatoms. The predicted molar refractivity (Wildman–Crippen MR) is 76.0 cm³/mol. The van der Waals surface area contributed by atoms with Crippen molar-refractivity contribution in [1.29, 1.82) is 0 Å². The van der Waals surface area contributed by atoms with E-state index in [2.05, 4.69) is 35.8 Å². The Morgan fingerprint density at radius 3 is 3.00 bits per heavy atom. The summed E-state index contributed by atoms with van der Waals surface area (Å²) in [6.45, 7) is 7.24. The van der Waals surface area contributed by atoms with Gasteiger partial charge < -0.3 is 20.1 Å². The van der Waals surface area contributed by atoms with Crippen LogP contribution in [0.1, 0.15) is 23.6 Å². The second-order valence-corrected chi connectivity index (χ2v) is 5.07. The molecule has 0 aromatic heterocycles. The standard InChI is InChI=1S/C15H24N2O2/c1-12(8-16-5-6-18-2)17-9-13-3-4-14-10-19-11-15(14)7-13/h3-4,7,12,16-17H,5-6,8-11H2,1-2H3. The van der Waals surface area contributed by atoms with Crippen LogP contribution in [0.15, 0.2) is 18.2 Å². The van der Waals surface area contributed by atoms with Gasteiger partial charge in [-0.05, 0) is 23.6 Å². The maximum Gasteiger partial charge on any atom is 0.0725 e. The smallest absolute Gasteiger partial charge is 0.0725 e. The molecular formula is C15H24N2O2. The highest BCUT2D eigenvalue weighted by Crippen LogP contribution is 2.20. The zero-order valence-electron chi connectivity index (χ0n) is 11.9. The van der Waals surface area contributed by atoms with Crippen molar-refractivity contribution in [3.05, 3.63) is 34.9 Å². The van der Waals surface area contributed by atoms with E-state index < -0.39 is 0 Å². The molecule has 0 aliphatic carbocycles. The normalized spacial score (nSPS) is 15.5. The average molecular weight is 264 g/mol. The van der Waals surface area contributed by atoms with Gasteiger partial charge in [-0.2, -0.15) is 0 Å². The van der Waals surface area contributed by atoms with E-state index in [9.17, 15) is 0 Å². The third-order valence-corrected chi connectivity index (χ3v) is 3.37. The van der Waals surface area contributed by atoms with Crippen molar-refractivity contribution in [2.45, 2.75) is 32.7 Å².